The lowest BCUT2D eigenvalue weighted by atomic mass is 9.46. The fourth-order valence-corrected chi connectivity index (χ4v) is 7.45. The van der Waals surface area contributed by atoms with Gasteiger partial charge in [-0.2, -0.15) is 0 Å². The van der Waals surface area contributed by atoms with Gasteiger partial charge in [0.2, 0.25) is 0 Å². The molecule has 0 aliphatic heterocycles. The van der Waals surface area contributed by atoms with Crippen LogP contribution in [0.3, 0.4) is 0 Å². The van der Waals surface area contributed by atoms with Gasteiger partial charge in [-0.3, -0.25) is 4.79 Å². The molecular weight excluding hydrogens is 338 g/mol. The number of carbonyl (C=O) groups excluding carboxylic acids is 2. The van der Waals surface area contributed by atoms with Gasteiger partial charge in [-0.1, -0.05) is 24.6 Å². The first kappa shape index (κ1) is 18.9. The molecule has 6 atom stereocenters. The molecule has 3 saturated carbocycles. The van der Waals surface area contributed by atoms with Gasteiger partial charge in [0.1, 0.15) is 0 Å². The second-order valence-corrected chi connectivity index (χ2v) is 9.96. The van der Waals surface area contributed by atoms with Crippen molar-refractivity contribution >= 4 is 17.5 Å². The summed E-state index contributed by atoms with van der Waals surface area (Å²) in [6.45, 7) is 8.33. The Kier molecular flexibility index (Phi) is 4.59. The lowest BCUT2D eigenvalue weighted by molar-refractivity contribution is -0.141. The van der Waals surface area contributed by atoms with Gasteiger partial charge in [0.05, 0.1) is 5.71 Å². The predicted octanol–water partition coefficient (Wildman–Crippen LogP) is 5.07. The summed E-state index contributed by atoms with van der Waals surface area (Å²) in [5.41, 5.74) is 2.92. The van der Waals surface area contributed by atoms with E-state index in [1.165, 1.54) is 38.2 Å². The van der Waals surface area contributed by atoms with Crippen LogP contribution in [0.15, 0.2) is 16.8 Å². The maximum atomic E-state index is 12.0. The normalized spacial score (nSPS) is 44.1. The molecule has 0 aromatic heterocycles. The fourth-order valence-electron chi connectivity index (χ4n) is 7.45. The second kappa shape index (κ2) is 6.56. The van der Waals surface area contributed by atoms with Crippen LogP contribution >= 0.6 is 0 Å². The van der Waals surface area contributed by atoms with E-state index in [0.29, 0.717) is 17.6 Å². The van der Waals surface area contributed by atoms with Crippen LogP contribution in [0.25, 0.3) is 0 Å². The van der Waals surface area contributed by atoms with Crippen molar-refractivity contribution in [1.82, 2.24) is 0 Å². The van der Waals surface area contributed by atoms with Crippen molar-refractivity contribution in [3.63, 3.8) is 0 Å². The van der Waals surface area contributed by atoms with Crippen LogP contribution in [0.5, 0.6) is 0 Å². The van der Waals surface area contributed by atoms with Crippen LogP contribution in [-0.4, -0.2) is 17.5 Å². The van der Waals surface area contributed by atoms with E-state index in [9.17, 15) is 9.59 Å². The van der Waals surface area contributed by atoms with E-state index in [2.05, 4.69) is 19.0 Å². The quantitative estimate of drug-likeness (QED) is 0.387. The zero-order valence-electron chi connectivity index (χ0n) is 17.2. The average Bonchev–Trinajstić information content (AvgIpc) is 2.97. The molecule has 0 aromatic carbocycles. The fraction of sp³-hybridized carbons (Fsp3) is 0.783. The third-order valence-corrected chi connectivity index (χ3v) is 8.78. The number of hydrogen-bond acceptors (Lipinski definition) is 4. The number of carbonyl (C=O) groups is 2. The van der Waals surface area contributed by atoms with Crippen molar-refractivity contribution in [3.05, 3.63) is 11.6 Å². The summed E-state index contributed by atoms with van der Waals surface area (Å²) in [6.07, 6.45) is 10.9. The minimum atomic E-state index is -0.343. The van der Waals surface area contributed by atoms with Crippen molar-refractivity contribution in [3.8, 4) is 0 Å². The van der Waals surface area contributed by atoms with E-state index in [4.69, 9.17) is 4.84 Å². The molecule has 0 amide bonds. The minimum Gasteiger partial charge on any atom is -0.319 e. The SMILES string of the molecule is CC(=O)ON=C(C)C1CCC2C3CCC4=CC(=O)CCC4(C)C3CCC12C. The van der Waals surface area contributed by atoms with Gasteiger partial charge in [0, 0.05) is 19.3 Å². The van der Waals surface area contributed by atoms with Crippen LogP contribution in [-0.2, 0) is 14.4 Å². The number of nitrogens with zero attached hydrogens (tertiary/aromatic N) is 1. The highest BCUT2D eigenvalue weighted by molar-refractivity contribution is 5.91. The summed E-state index contributed by atoms with van der Waals surface area (Å²) < 4.78 is 0. The van der Waals surface area contributed by atoms with Crippen LogP contribution in [0.2, 0.25) is 0 Å². The molecule has 0 radical (unpaired) electrons. The molecule has 0 heterocycles. The Bertz CT molecular complexity index is 723. The monoisotopic (exact) mass is 371 g/mol. The average molecular weight is 372 g/mol. The molecule has 4 aliphatic carbocycles. The molecule has 4 rings (SSSR count). The third-order valence-electron chi connectivity index (χ3n) is 8.78. The molecule has 27 heavy (non-hydrogen) atoms. The Hall–Kier alpha value is -1.45. The highest BCUT2D eigenvalue weighted by Gasteiger charge is 2.59. The van der Waals surface area contributed by atoms with Crippen molar-refractivity contribution in [1.29, 1.82) is 0 Å². The lowest BCUT2D eigenvalue weighted by Gasteiger charge is -2.58. The van der Waals surface area contributed by atoms with Crippen molar-refractivity contribution in [2.24, 2.45) is 39.7 Å². The Balaban J connectivity index is 1.59. The zero-order chi connectivity index (χ0) is 19.4. The number of allylic oxidation sites excluding steroid dienone is 1. The minimum absolute atomic E-state index is 0.233. The molecule has 0 bridgehead atoms. The number of ketones is 1. The van der Waals surface area contributed by atoms with Crippen molar-refractivity contribution < 1.29 is 14.4 Å². The summed E-state index contributed by atoms with van der Waals surface area (Å²) in [7, 11) is 0. The summed E-state index contributed by atoms with van der Waals surface area (Å²) in [5.74, 6) is 2.60. The van der Waals surface area contributed by atoms with Crippen LogP contribution < -0.4 is 0 Å². The predicted molar refractivity (Wildman–Crippen MR) is 105 cm³/mol. The molecule has 4 nitrogen and oxygen atoms in total. The molecule has 3 fully saturated rings. The van der Waals surface area contributed by atoms with E-state index in [1.807, 2.05) is 13.0 Å². The molecule has 0 aromatic rings. The molecule has 0 saturated heterocycles. The lowest BCUT2D eigenvalue weighted by Crippen LogP contribution is -2.51. The highest BCUT2D eigenvalue weighted by Crippen LogP contribution is 2.66. The largest absolute Gasteiger partial charge is 0.331 e. The van der Waals surface area contributed by atoms with E-state index in [-0.39, 0.29) is 16.8 Å². The number of oxime groups is 1. The van der Waals surface area contributed by atoms with Crippen LogP contribution in [0.4, 0.5) is 0 Å². The number of hydrogen-bond donors (Lipinski definition) is 0. The Labute approximate surface area is 162 Å². The van der Waals surface area contributed by atoms with E-state index < -0.39 is 0 Å². The molecule has 0 spiro atoms. The molecule has 6 unspecified atom stereocenters. The number of fused-ring (bicyclic) bond motifs is 5. The molecule has 4 aliphatic rings. The van der Waals surface area contributed by atoms with E-state index in [0.717, 1.165) is 43.2 Å². The zero-order valence-corrected chi connectivity index (χ0v) is 17.2. The van der Waals surface area contributed by atoms with Crippen LogP contribution in [0, 0.1) is 34.5 Å². The smallest absolute Gasteiger partial charge is 0.319 e. The topological polar surface area (TPSA) is 55.7 Å². The number of rotatable bonds is 2. The van der Waals surface area contributed by atoms with Gasteiger partial charge in [-0.15, -0.1) is 0 Å². The molecule has 148 valence electrons. The maximum Gasteiger partial charge on any atom is 0.331 e. The third kappa shape index (κ3) is 2.91. The first-order valence-corrected chi connectivity index (χ1v) is 10.7. The van der Waals surface area contributed by atoms with Gasteiger partial charge in [0.15, 0.2) is 5.78 Å². The second-order valence-electron chi connectivity index (χ2n) is 9.96. The van der Waals surface area contributed by atoms with Crippen molar-refractivity contribution in [2.45, 2.75) is 79.1 Å². The molecular formula is C23H33NO3. The standard InChI is InChI=1S/C23H33NO3/c1-14(24-27-15(2)25)19-7-8-20-18-6-5-16-13-17(26)9-11-22(16,3)21(18)10-12-23(19,20)4/h13,18-21H,5-12H2,1-4H3. The first-order chi connectivity index (χ1) is 12.8. The maximum absolute atomic E-state index is 12.0. The van der Waals surface area contributed by atoms with Gasteiger partial charge in [-0.05, 0) is 86.5 Å². The molecule has 0 N–H and O–H groups in total. The van der Waals surface area contributed by atoms with Gasteiger partial charge in [-0.25, -0.2) is 4.79 Å². The Morgan fingerprint density at radius 2 is 1.85 bits per heavy atom. The summed E-state index contributed by atoms with van der Waals surface area (Å²) >= 11 is 0. The Morgan fingerprint density at radius 3 is 2.59 bits per heavy atom. The molecule has 4 heteroatoms. The van der Waals surface area contributed by atoms with E-state index in [1.54, 1.807) is 0 Å². The van der Waals surface area contributed by atoms with Gasteiger partial charge >= 0.3 is 5.97 Å². The summed E-state index contributed by atoms with van der Waals surface area (Å²) in [5, 5.41) is 4.15. The first-order valence-electron chi connectivity index (χ1n) is 10.7. The van der Waals surface area contributed by atoms with Gasteiger partial charge in [0.25, 0.3) is 0 Å². The Morgan fingerprint density at radius 1 is 1.07 bits per heavy atom. The summed E-state index contributed by atoms with van der Waals surface area (Å²) in [4.78, 5) is 28.1. The van der Waals surface area contributed by atoms with E-state index >= 15 is 0 Å². The van der Waals surface area contributed by atoms with Crippen molar-refractivity contribution in [2.75, 3.05) is 0 Å². The summed E-state index contributed by atoms with van der Waals surface area (Å²) in [6, 6.07) is 0. The van der Waals surface area contributed by atoms with Crippen LogP contribution in [0.1, 0.15) is 79.1 Å². The van der Waals surface area contributed by atoms with Gasteiger partial charge < -0.3 is 4.84 Å². The highest BCUT2D eigenvalue weighted by atomic mass is 16.7.